The van der Waals surface area contributed by atoms with E-state index in [0.29, 0.717) is 11.3 Å². The lowest BCUT2D eigenvalue weighted by molar-refractivity contribution is -0.175. The van der Waals surface area contributed by atoms with Crippen molar-refractivity contribution >= 4 is 18.0 Å². The predicted octanol–water partition coefficient (Wildman–Crippen LogP) is 3.63. The lowest BCUT2D eigenvalue weighted by Crippen LogP contribution is -2.60. The van der Waals surface area contributed by atoms with Gasteiger partial charge in [-0.05, 0) is 29.8 Å². The number of anilines is 1. The molecule has 1 aliphatic heterocycles. The van der Waals surface area contributed by atoms with E-state index in [0.717, 1.165) is 18.3 Å². The molecule has 5 nitrogen and oxygen atoms in total. The molecule has 28 heavy (non-hydrogen) atoms. The first-order valence-corrected chi connectivity index (χ1v) is 8.48. The van der Waals surface area contributed by atoms with Crippen LogP contribution in [0, 0.1) is 0 Å². The van der Waals surface area contributed by atoms with Crippen LogP contribution in [-0.4, -0.2) is 44.3 Å². The summed E-state index contributed by atoms with van der Waals surface area (Å²) >= 11 is 0. The molecule has 0 fully saturated rings. The van der Waals surface area contributed by atoms with Gasteiger partial charge in [-0.15, -0.1) is 0 Å². The summed E-state index contributed by atoms with van der Waals surface area (Å²) in [5.74, 6) is -0.530. The number of carbonyl (C=O) groups is 1. The summed E-state index contributed by atoms with van der Waals surface area (Å²) in [6.45, 7) is 0. The average molecular weight is 392 g/mol. The van der Waals surface area contributed by atoms with Crippen molar-refractivity contribution in [2.24, 2.45) is 4.99 Å². The van der Waals surface area contributed by atoms with Crippen LogP contribution >= 0.6 is 0 Å². The summed E-state index contributed by atoms with van der Waals surface area (Å²) in [6, 6.07) is 12.3. The number of aliphatic imine (C=N–C) groups is 1. The molecule has 0 radical (unpaired) electrons. The Bertz CT molecular complexity index is 853. The van der Waals surface area contributed by atoms with Gasteiger partial charge in [0.1, 0.15) is 5.75 Å². The second-order valence-electron chi connectivity index (χ2n) is 6.37. The smallest absolute Gasteiger partial charge is 0.412 e. The normalized spacial score (nSPS) is 21.6. The van der Waals surface area contributed by atoms with Gasteiger partial charge in [0.15, 0.2) is 11.6 Å². The third-order valence-corrected chi connectivity index (χ3v) is 4.68. The largest absolute Gasteiger partial charge is 0.497 e. The van der Waals surface area contributed by atoms with Crippen LogP contribution in [0.3, 0.4) is 0 Å². The highest BCUT2D eigenvalue weighted by atomic mass is 19.4. The Kier molecular flexibility index (Phi) is 5.31. The van der Waals surface area contributed by atoms with Crippen molar-refractivity contribution in [3.05, 3.63) is 60.2 Å². The van der Waals surface area contributed by atoms with E-state index in [1.54, 1.807) is 42.5 Å². The van der Waals surface area contributed by atoms with Crippen molar-refractivity contribution in [1.29, 1.82) is 0 Å². The third kappa shape index (κ3) is 3.54. The number of carbonyl (C=O) groups excluding carboxylic acids is 1. The Morgan fingerprint density at radius 2 is 1.75 bits per heavy atom. The summed E-state index contributed by atoms with van der Waals surface area (Å²) in [4.78, 5) is 17.6. The maximum atomic E-state index is 14.2. The number of benzene rings is 2. The van der Waals surface area contributed by atoms with Crippen molar-refractivity contribution in [2.45, 2.75) is 24.2 Å². The molecule has 0 aliphatic carbocycles. The number of methoxy groups -OCH3 is 2. The number of hydrogen-bond acceptors (Lipinski definition) is 5. The van der Waals surface area contributed by atoms with Gasteiger partial charge in [-0.2, -0.15) is 13.2 Å². The fourth-order valence-corrected chi connectivity index (χ4v) is 3.39. The molecule has 2 atom stereocenters. The van der Waals surface area contributed by atoms with Crippen LogP contribution in [0.25, 0.3) is 0 Å². The van der Waals surface area contributed by atoms with Crippen molar-refractivity contribution in [1.82, 2.24) is 0 Å². The fourth-order valence-electron chi connectivity index (χ4n) is 3.39. The Labute approximate surface area is 160 Å². The summed E-state index contributed by atoms with van der Waals surface area (Å²) in [7, 11) is 2.53. The van der Waals surface area contributed by atoms with E-state index in [1.165, 1.54) is 19.2 Å². The molecule has 2 aromatic rings. The predicted molar refractivity (Wildman–Crippen MR) is 98.7 cm³/mol. The number of nitrogens with zero attached hydrogens (tertiary/aromatic N) is 2. The zero-order valence-electron chi connectivity index (χ0n) is 15.3. The summed E-state index contributed by atoms with van der Waals surface area (Å²) < 4.78 is 52.4. The lowest BCUT2D eigenvalue weighted by Gasteiger charge is -2.36. The molecule has 0 N–H and O–H groups in total. The highest BCUT2D eigenvalue weighted by molar-refractivity contribution is 5.94. The SMILES string of the molecule is COC(=O)C1(Cc2ccccc2)N=CN(c2ccc(OC)cc2)C1C(F)(F)F. The first-order valence-electron chi connectivity index (χ1n) is 8.48. The van der Waals surface area contributed by atoms with Crippen LogP contribution in [-0.2, 0) is 16.0 Å². The number of esters is 1. The second kappa shape index (κ2) is 7.53. The number of ether oxygens (including phenoxy) is 2. The molecular formula is C20H19F3N2O3. The third-order valence-electron chi connectivity index (χ3n) is 4.68. The van der Waals surface area contributed by atoms with Crippen LogP contribution in [0.15, 0.2) is 59.6 Å². The molecule has 1 aliphatic rings. The van der Waals surface area contributed by atoms with E-state index in [2.05, 4.69) is 4.99 Å². The zero-order valence-corrected chi connectivity index (χ0v) is 15.3. The maximum absolute atomic E-state index is 14.2. The van der Waals surface area contributed by atoms with Gasteiger partial charge in [0, 0.05) is 12.1 Å². The highest BCUT2D eigenvalue weighted by Crippen LogP contribution is 2.42. The molecule has 2 aromatic carbocycles. The summed E-state index contributed by atoms with van der Waals surface area (Å²) in [5.41, 5.74) is -1.35. The number of alkyl halides is 3. The van der Waals surface area contributed by atoms with Gasteiger partial charge in [-0.25, -0.2) is 4.79 Å². The van der Waals surface area contributed by atoms with E-state index >= 15 is 0 Å². The molecule has 0 saturated heterocycles. The van der Waals surface area contributed by atoms with E-state index in [1.807, 2.05) is 0 Å². The van der Waals surface area contributed by atoms with Crippen LogP contribution in [0.1, 0.15) is 5.56 Å². The van der Waals surface area contributed by atoms with E-state index < -0.39 is 23.7 Å². The minimum Gasteiger partial charge on any atom is -0.497 e. The van der Waals surface area contributed by atoms with Crippen LogP contribution in [0.4, 0.5) is 18.9 Å². The quantitative estimate of drug-likeness (QED) is 0.730. The van der Waals surface area contributed by atoms with E-state index in [9.17, 15) is 18.0 Å². The number of hydrogen-bond donors (Lipinski definition) is 0. The van der Waals surface area contributed by atoms with Gasteiger partial charge < -0.3 is 14.4 Å². The van der Waals surface area contributed by atoms with Crippen LogP contribution in [0.2, 0.25) is 0 Å². The minimum atomic E-state index is -4.74. The monoisotopic (exact) mass is 392 g/mol. The molecule has 0 saturated carbocycles. The molecule has 0 spiro atoms. The van der Waals surface area contributed by atoms with E-state index in [-0.39, 0.29) is 12.1 Å². The van der Waals surface area contributed by atoms with Crippen molar-refractivity contribution < 1.29 is 27.4 Å². The average Bonchev–Trinajstić information content (AvgIpc) is 3.09. The van der Waals surface area contributed by atoms with Gasteiger partial charge in [-0.3, -0.25) is 4.99 Å². The maximum Gasteiger partial charge on any atom is 0.412 e. The first-order chi connectivity index (χ1) is 13.3. The Morgan fingerprint density at radius 3 is 2.29 bits per heavy atom. The Morgan fingerprint density at radius 1 is 1.11 bits per heavy atom. The molecule has 8 heteroatoms. The van der Waals surface area contributed by atoms with Crippen molar-refractivity contribution in [3.8, 4) is 5.75 Å². The summed E-state index contributed by atoms with van der Waals surface area (Å²) in [6.07, 6.45) is -3.92. The van der Waals surface area contributed by atoms with Crippen LogP contribution in [0.5, 0.6) is 5.75 Å². The van der Waals surface area contributed by atoms with Crippen molar-refractivity contribution in [3.63, 3.8) is 0 Å². The molecule has 2 unspecified atom stereocenters. The van der Waals surface area contributed by atoms with Gasteiger partial charge in [-0.1, -0.05) is 30.3 Å². The molecule has 3 rings (SSSR count). The molecule has 0 bridgehead atoms. The molecule has 148 valence electrons. The van der Waals surface area contributed by atoms with Crippen molar-refractivity contribution in [2.75, 3.05) is 19.1 Å². The highest BCUT2D eigenvalue weighted by Gasteiger charge is 2.64. The second-order valence-corrected chi connectivity index (χ2v) is 6.37. The van der Waals surface area contributed by atoms with Gasteiger partial charge in [0.25, 0.3) is 0 Å². The standard InChI is InChI=1S/C20H19F3N2O3/c1-27-16-10-8-15(9-11-16)25-13-24-19(18(26)28-2,17(25)20(21,22)23)12-14-6-4-3-5-7-14/h3-11,13,17H,12H2,1-2H3. The fraction of sp³-hybridized carbons (Fsp3) is 0.300. The molecular weight excluding hydrogens is 373 g/mol. The summed E-state index contributed by atoms with van der Waals surface area (Å²) in [5, 5.41) is 0. The number of rotatable bonds is 5. The topological polar surface area (TPSA) is 51.1 Å². The molecule has 1 heterocycles. The Balaban J connectivity index is 2.07. The van der Waals surface area contributed by atoms with Crippen LogP contribution < -0.4 is 9.64 Å². The van der Waals surface area contributed by atoms with Gasteiger partial charge in [0.2, 0.25) is 0 Å². The van der Waals surface area contributed by atoms with Gasteiger partial charge >= 0.3 is 12.1 Å². The number of halogens is 3. The minimum absolute atomic E-state index is 0.241. The van der Waals surface area contributed by atoms with E-state index in [4.69, 9.17) is 9.47 Å². The zero-order chi connectivity index (χ0) is 20.4. The molecule has 0 aromatic heterocycles. The molecule has 0 amide bonds. The first kappa shape index (κ1) is 19.7. The Hall–Kier alpha value is -3.03. The van der Waals surface area contributed by atoms with Gasteiger partial charge in [0.05, 0.1) is 20.6 Å². The lowest BCUT2D eigenvalue weighted by atomic mass is 9.83.